The van der Waals surface area contributed by atoms with Crippen molar-refractivity contribution in [3.63, 3.8) is 0 Å². The van der Waals surface area contributed by atoms with Gasteiger partial charge >= 0.3 is 0 Å². The normalized spacial score (nSPS) is 21.9. The van der Waals surface area contributed by atoms with Gasteiger partial charge in [-0.15, -0.1) is 23.5 Å². The summed E-state index contributed by atoms with van der Waals surface area (Å²) in [5.41, 5.74) is 0. The standard InChI is InChI=1S/C11H18OS4/c1-3-11(12)15-5-4-14-9(2)6-10-7-13-8-16-10/h3,9-10H,1,4-8H2,2H3. The molecule has 0 radical (unpaired) electrons. The lowest BCUT2D eigenvalue weighted by molar-refractivity contribution is -0.107. The van der Waals surface area contributed by atoms with E-state index in [9.17, 15) is 4.79 Å². The molecule has 2 unspecified atom stereocenters. The van der Waals surface area contributed by atoms with Crippen LogP contribution >= 0.6 is 47.0 Å². The van der Waals surface area contributed by atoms with Gasteiger partial charge in [0.1, 0.15) is 0 Å². The van der Waals surface area contributed by atoms with E-state index in [0.29, 0.717) is 0 Å². The minimum Gasteiger partial charge on any atom is -0.282 e. The van der Waals surface area contributed by atoms with Crippen molar-refractivity contribution in [2.45, 2.75) is 23.8 Å². The van der Waals surface area contributed by atoms with Crippen LogP contribution in [0.3, 0.4) is 0 Å². The second-order valence-corrected chi connectivity index (χ2v) is 8.90. The van der Waals surface area contributed by atoms with Crippen LogP contribution in [0, 0.1) is 0 Å². The van der Waals surface area contributed by atoms with Crippen LogP contribution in [0.25, 0.3) is 0 Å². The molecule has 1 heterocycles. The molecule has 0 saturated carbocycles. The molecule has 0 aromatic heterocycles. The van der Waals surface area contributed by atoms with Crippen LogP contribution < -0.4 is 0 Å². The zero-order valence-electron chi connectivity index (χ0n) is 9.52. The van der Waals surface area contributed by atoms with E-state index in [1.807, 2.05) is 11.8 Å². The van der Waals surface area contributed by atoms with Crippen LogP contribution in [0.15, 0.2) is 12.7 Å². The molecule has 1 aliphatic heterocycles. The molecule has 1 rings (SSSR count). The van der Waals surface area contributed by atoms with Crippen LogP contribution in [0.5, 0.6) is 0 Å². The summed E-state index contributed by atoms with van der Waals surface area (Å²) >= 11 is 7.51. The lowest BCUT2D eigenvalue weighted by Gasteiger charge is -2.14. The first-order valence-electron chi connectivity index (χ1n) is 5.32. The summed E-state index contributed by atoms with van der Waals surface area (Å²) in [6.07, 6.45) is 2.70. The Balaban J connectivity index is 1.99. The Morgan fingerprint density at radius 2 is 2.44 bits per heavy atom. The third kappa shape index (κ3) is 6.52. The first-order chi connectivity index (χ1) is 7.72. The highest BCUT2D eigenvalue weighted by Crippen LogP contribution is 2.34. The van der Waals surface area contributed by atoms with E-state index in [1.54, 1.807) is 0 Å². The monoisotopic (exact) mass is 294 g/mol. The number of hydrogen-bond donors (Lipinski definition) is 0. The molecule has 0 spiro atoms. The van der Waals surface area contributed by atoms with Crippen LogP contribution in [0.1, 0.15) is 13.3 Å². The smallest absolute Gasteiger partial charge is 0.211 e. The summed E-state index contributed by atoms with van der Waals surface area (Å²) in [4.78, 5) is 11.0. The van der Waals surface area contributed by atoms with E-state index < -0.39 is 0 Å². The highest BCUT2D eigenvalue weighted by molar-refractivity contribution is 8.19. The molecular weight excluding hydrogens is 276 g/mol. The molecule has 1 fully saturated rings. The predicted molar refractivity (Wildman–Crippen MR) is 82.9 cm³/mol. The molecule has 16 heavy (non-hydrogen) atoms. The van der Waals surface area contributed by atoms with E-state index in [2.05, 4.69) is 37.0 Å². The number of carbonyl (C=O) groups is 1. The summed E-state index contributed by atoms with van der Waals surface area (Å²) in [5, 5.41) is 2.94. The minimum atomic E-state index is 0.0935. The van der Waals surface area contributed by atoms with Gasteiger partial charge in [-0.2, -0.15) is 11.8 Å². The van der Waals surface area contributed by atoms with Crippen LogP contribution in [-0.4, -0.2) is 38.0 Å². The molecule has 0 bridgehead atoms. The molecule has 1 nitrogen and oxygen atoms in total. The zero-order valence-corrected chi connectivity index (χ0v) is 12.8. The Hall–Kier alpha value is 0.810. The molecular formula is C11H18OS4. The first-order valence-corrected chi connectivity index (χ1v) is 9.56. The van der Waals surface area contributed by atoms with Crippen LogP contribution in [0.2, 0.25) is 0 Å². The van der Waals surface area contributed by atoms with Crippen molar-refractivity contribution in [2.75, 3.05) is 22.3 Å². The van der Waals surface area contributed by atoms with Crippen molar-refractivity contribution in [1.82, 2.24) is 0 Å². The van der Waals surface area contributed by atoms with E-state index in [1.165, 1.54) is 35.1 Å². The summed E-state index contributed by atoms with van der Waals surface area (Å²) in [6.45, 7) is 5.76. The fraction of sp³-hybridized carbons (Fsp3) is 0.727. The Labute approximate surface area is 115 Å². The van der Waals surface area contributed by atoms with E-state index in [4.69, 9.17) is 0 Å². The van der Waals surface area contributed by atoms with Crippen molar-refractivity contribution in [3.8, 4) is 0 Å². The van der Waals surface area contributed by atoms with Crippen molar-refractivity contribution >= 4 is 52.2 Å². The van der Waals surface area contributed by atoms with Gasteiger partial charge in [0.15, 0.2) is 0 Å². The largest absolute Gasteiger partial charge is 0.282 e. The van der Waals surface area contributed by atoms with Gasteiger partial charge in [0.25, 0.3) is 0 Å². The van der Waals surface area contributed by atoms with Gasteiger partial charge in [0.2, 0.25) is 5.12 Å². The number of thioether (sulfide) groups is 4. The molecule has 2 atom stereocenters. The maximum Gasteiger partial charge on any atom is 0.211 e. The topological polar surface area (TPSA) is 17.1 Å². The van der Waals surface area contributed by atoms with Gasteiger partial charge in [-0.25, -0.2) is 0 Å². The quantitative estimate of drug-likeness (QED) is 0.524. The van der Waals surface area contributed by atoms with Gasteiger partial charge in [-0.3, -0.25) is 4.79 Å². The molecule has 0 aliphatic carbocycles. The molecule has 1 saturated heterocycles. The SMILES string of the molecule is C=CC(=O)SCCSC(C)CC1CSCS1. The highest BCUT2D eigenvalue weighted by Gasteiger charge is 2.18. The van der Waals surface area contributed by atoms with Gasteiger partial charge in [0, 0.05) is 32.8 Å². The third-order valence-corrected chi connectivity index (χ3v) is 7.39. The summed E-state index contributed by atoms with van der Waals surface area (Å²) < 4.78 is 0. The lowest BCUT2D eigenvalue weighted by Crippen LogP contribution is -2.10. The first kappa shape index (κ1) is 14.9. The van der Waals surface area contributed by atoms with Crippen LogP contribution in [-0.2, 0) is 4.79 Å². The molecule has 1 aliphatic rings. The Kier molecular flexibility index (Phi) is 8.21. The second-order valence-electron chi connectivity index (χ2n) is 3.57. The maximum absolute atomic E-state index is 11.0. The Bertz CT molecular complexity index is 226. The number of hydrogen-bond acceptors (Lipinski definition) is 5. The van der Waals surface area contributed by atoms with Crippen molar-refractivity contribution < 1.29 is 4.79 Å². The zero-order chi connectivity index (χ0) is 11.8. The fourth-order valence-corrected chi connectivity index (χ4v) is 6.36. The van der Waals surface area contributed by atoms with E-state index >= 15 is 0 Å². The van der Waals surface area contributed by atoms with Crippen molar-refractivity contribution in [3.05, 3.63) is 12.7 Å². The van der Waals surface area contributed by atoms with Gasteiger partial charge < -0.3 is 0 Å². The Morgan fingerprint density at radius 3 is 3.06 bits per heavy atom. The lowest BCUT2D eigenvalue weighted by atomic mass is 10.3. The molecule has 5 heteroatoms. The fourth-order valence-electron chi connectivity index (χ4n) is 1.40. The van der Waals surface area contributed by atoms with Gasteiger partial charge in [0.05, 0.1) is 0 Å². The summed E-state index contributed by atoms with van der Waals surface area (Å²) in [6, 6.07) is 0. The van der Waals surface area contributed by atoms with Crippen molar-refractivity contribution in [2.24, 2.45) is 0 Å². The van der Waals surface area contributed by atoms with Gasteiger partial charge in [-0.1, -0.05) is 25.3 Å². The minimum absolute atomic E-state index is 0.0935. The number of rotatable bonds is 7. The van der Waals surface area contributed by atoms with Crippen molar-refractivity contribution in [1.29, 1.82) is 0 Å². The second kappa shape index (κ2) is 8.84. The van der Waals surface area contributed by atoms with Gasteiger partial charge in [-0.05, 0) is 12.5 Å². The number of carbonyl (C=O) groups excluding carboxylic acids is 1. The maximum atomic E-state index is 11.0. The third-order valence-electron chi connectivity index (χ3n) is 2.18. The molecule has 0 aromatic carbocycles. The van der Waals surface area contributed by atoms with E-state index in [0.717, 1.165) is 22.0 Å². The predicted octanol–water partition coefficient (Wildman–Crippen LogP) is 3.75. The average molecular weight is 295 g/mol. The summed E-state index contributed by atoms with van der Waals surface area (Å²) in [7, 11) is 0. The van der Waals surface area contributed by atoms with E-state index in [-0.39, 0.29) is 5.12 Å². The summed E-state index contributed by atoms with van der Waals surface area (Å²) in [5.74, 6) is 3.29. The molecule has 92 valence electrons. The van der Waals surface area contributed by atoms with Crippen LogP contribution in [0.4, 0.5) is 0 Å². The molecule has 0 N–H and O–H groups in total. The highest BCUT2D eigenvalue weighted by atomic mass is 32.2. The molecule has 0 aromatic rings. The molecule has 0 amide bonds. The Morgan fingerprint density at radius 1 is 1.62 bits per heavy atom. The average Bonchev–Trinajstić information content (AvgIpc) is 2.76.